The summed E-state index contributed by atoms with van der Waals surface area (Å²) in [6.45, 7) is 3.89. The standard InChI is InChI=1S/C11H22O2/c1-3-4-8-11(13)9-6-5-7-10(2)12/h10,12H,3-9H2,1-2H3. The second-order valence-corrected chi connectivity index (χ2v) is 3.74. The molecule has 0 fully saturated rings. The van der Waals surface area contributed by atoms with E-state index in [1.54, 1.807) is 6.92 Å². The molecule has 0 aliphatic carbocycles. The van der Waals surface area contributed by atoms with Crippen molar-refractivity contribution in [2.75, 3.05) is 0 Å². The van der Waals surface area contributed by atoms with Gasteiger partial charge in [-0.3, -0.25) is 4.79 Å². The van der Waals surface area contributed by atoms with Crippen molar-refractivity contribution in [1.29, 1.82) is 0 Å². The summed E-state index contributed by atoms with van der Waals surface area (Å²) in [5.41, 5.74) is 0. The number of rotatable bonds is 8. The van der Waals surface area contributed by atoms with Crippen LogP contribution in [0.15, 0.2) is 0 Å². The lowest BCUT2D eigenvalue weighted by atomic mass is 10.1. The summed E-state index contributed by atoms with van der Waals surface area (Å²) in [5.74, 6) is 0.382. The summed E-state index contributed by atoms with van der Waals surface area (Å²) in [4.78, 5) is 11.2. The lowest BCUT2D eigenvalue weighted by Crippen LogP contribution is -2.01. The summed E-state index contributed by atoms with van der Waals surface area (Å²) in [5, 5.41) is 8.97. The van der Waals surface area contributed by atoms with Gasteiger partial charge in [0.15, 0.2) is 0 Å². The first-order valence-corrected chi connectivity index (χ1v) is 5.36. The molecule has 1 atom stereocenters. The Morgan fingerprint density at radius 3 is 2.38 bits per heavy atom. The van der Waals surface area contributed by atoms with Crippen LogP contribution >= 0.6 is 0 Å². The highest BCUT2D eigenvalue weighted by molar-refractivity contribution is 5.78. The molecule has 0 aliphatic heterocycles. The molecule has 0 heterocycles. The van der Waals surface area contributed by atoms with Crippen molar-refractivity contribution < 1.29 is 9.90 Å². The van der Waals surface area contributed by atoms with Crippen LogP contribution in [-0.4, -0.2) is 17.0 Å². The molecular formula is C11H22O2. The number of unbranched alkanes of at least 4 members (excludes halogenated alkanes) is 2. The van der Waals surface area contributed by atoms with Gasteiger partial charge in [-0.1, -0.05) is 19.8 Å². The maximum absolute atomic E-state index is 11.2. The highest BCUT2D eigenvalue weighted by atomic mass is 16.3. The van der Waals surface area contributed by atoms with E-state index in [0.29, 0.717) is 12.2 Å². The smallest absolute Gasteiger partial charge is 0.132 e. The Hall–Kier alpha value is -0.370. The number of aliphatic hydroxyl groups excluding tert-OH is 1. The monoisotopic (exact) mass is 186 g/mol. The van der Waals surface area contributed by atoms with Gasteiger partial charge in [-0.05, 0) is 26.2 Å². The van der Waals surface area contributed by atoms with E-state index >= 15 is 0 Å². The van der Waals surface area contributed by atoms with E-state index in [9.17, 15) is 4.79 Å². The maximum atomic E-state index is 11.2. The van der Waals surface area contributed by atoms with E-state index in [1.165, 1.54) is 0 Å². The lowest BCUT2D eigenvalue weighted by Gasteiger charge is -2.03. The van der Waals surface area contributed by atoms with Crippen molar-refractivity contribution >= 4 is 5.78 Å². The predicted molar refractivity (Wildman–Crippen MR) is 54.7 cm³/mol. The predicted octanol–water partition coefficient (Wildman–Crippen LogP) is 2.69. The molecule has 0 aliphatic rings. The van der Waals surface area contributed by atoms with Gasteiger partial charge < -0.3 is 5.11 Å². The first-order valence-electron chi connectivity index (χ1n) is 5.36. The molecule has 0 radical (unpaired) electrons. The molecular weight excluding hydrogens is 164 g/mol. The van der Waals surface area contributed by atoms with Gasteiger partial charge in [0.05, 0.1) is 6.10 Å². The van der Waals surface area contributed by atoms with Crippen molar-refractivity contribution in [3.05, 3.63) is 0 Å². The Balaban J connectivity index is 3.17. The minimum Gasteiger partial charge on any atom is -0.393 e. The second kappa shape index (κ2) is 8.24. The van der Waals surface area contributed by atoms with E-state index in [-0.39, 0.29) is 6.10 Å². The number of carbonyl (C=O) groups excluding carboxylic acids is 1. The van der Waals surface area contributed by atoms with E-state index in [0.717, 1.165) is 38.5 Å². The highest BCUT2D eigenvalue weighted by Crippen LogP contribution is 2.06. The zero-order chi connectivity index (χ0) is 10.1. The Morgan fingerprint density at radius 1 is 1.23 bits per heavy atom. The van der Waals surface area contributed by atoms with Crippen LogP contribution in [0, 0.1) is 0 Å². The fourth-order valence-corrected chi connectivity index (χ4v) is 1.26. The van der Waals surface area contributed by atoms with Gasteiger partial charge in [-0.15, -0.1) is 0 Å². The maximum Gasteiger partial charge on any atom is 0.132 e. The fourth-order valence-electron chi connectivity index (χ4n) is 1.26. The molecule has 2 heteroatoms. The van der Waals surface area contributed by atoms with Crippen LogP contribution in [0.3, 0.4) is 0 Å². The van der Waals surface area contributed by atoms with Gasteiger partial charge in [-0.2, -0.15) is 0 Å². The summed E-state index contributed by atoms with van der Waals surface area (Å²) < 4.78 is 0. The Morgan fingerprint density at radius 2 is 1.85 bits per heavy atom. The highest BCUT2D eigenvalue weighted by Gasteiger charge is 2.01. The Bertz CT molecular complexity index is 130. The van der Waals surface area contributed by atoms with E-state index in [2.05, 4.69) is 6.92 Å². The largest absolute Gasteiger partial charge is 0.393 e. The molecule has 13 heavy (non-hydrogen) atoms. The summed E-state index contributed by atoms with van der Waals surface area (Å²) >= 11 is 0. The fraction of sp³-hybridized carbons (Fsp3) is 0.909. The molecule has 0 aromatic rings. The minimum atomic E-state index is -0.217. The van der Waals surface area contributed by atoms with Crippen molar-refractivity contribution in [3.8, 4) is 0 Å². The van der Waals surface area contributed by atoms with Gasteiger partial charge in [0, 0.05) is 12.8 Å². The first-order chi connectivity index (χ1) is 6.16. The Labute approximate surface area is 81.3 Å². The van der Waals surface area contributed by atoms with Gasteiger partial charge in [-0.25, -0.2) is 0 Å². The van der Waals surface area contributed by atoms with Crippen molar-refractivity contribution in [1.82, 2.24) is 0 Å². The van der Waals surface area contributed by atoms with Crippen LogP contribution in [0.4, 0.5) is 0 Å². The van der Waals surface area contributed by atoms with Crippen LogP contribution in [0.1, 0.15) is 58.8 Å². The third kappa shape index (κ3) is 9.54. The molecule has 0 rings (SSSR count). The van der Waals surface area contributed by atoms with Gasteiger partial charge >= 0.3 is 0 Å². The van der Waals surface area contributed by atoms with Crippen LogP contribution in [-0.2, 0) is 4.79 Å². The van der Waals surface area contributed by atoms with Gasteiger partial charge in [0.1, 0.15) is 5.78 Å². The molecule has 0 spiro atoms. The molecule has 0 aromatic heterocycles. The zero-order valence-electron chi connectivity index (χ0n) is 8.88. The summed E-state index contributed by atoms with van der Waals surface area (Å²) in [6.07, 6.45) is 6.07. The van der Waals surface area contributed by atoms with Crippen molar-refractivity contribution in [2.45, 2.75) is 64.9 Å². The van der Waals surface area contributed by atoms with Crippen LogP contribution in [0.25, 0.3) is 0 Å². The second-order valence-electron chi connectivity index (χ2n) is 3.74. The molecule has 0 saturated heterocycles. The molecule has 1 N–H and O–H groups in total. The van der Waals surface area contributed by atoms with Gasteiger partial charge in [0.2, 0.25) is 0 Å². The number of carbonyl (C=O) groups is 1. The molecule has 2 nitrogen and oxygen atoms in total. The van der Waals surface area contributed by atoms with Crippen LogP contribution in [0.5, 0.6) is 0 Å². The van der Waals surface area contributed by atoms with Crippen molar-refractivity contribution in [3.63, 3.8) is 0 Å². The molecule has 78 valence electrons. The Kier molecular flexibility index (Phi) is 8.00. The molecule has 0 amide bonds. The number of hydrogen-bond acceptors (Lipinski definition) is 2. The third-order valence-electron chi connectivity index (χ3n) is 2.14. The SMILES string of the molecule is CCCCC(=O)CCCCC(C)O. The zero-order valence-corrected chi connectivity index (χ0v) is 8.88. The van der Waals surface area contributed by atoms with E-state index in [1.807, 2.05) is 0 Å². The molecule has 0 bridgehead atoms. The van der Waals surface area contributed by atoms with Crippen LogP contribution in [0.2, 0.25) is 0 Å². The van der Waals surface area contributed by atoms with Crippen LogP contribution < -0.4 is 0 Å². The normalized spacial score (nSPS) is 12.8. The number of Topliss-reactive ketones (excluding diaryl/α,β-unsaturated/α-hetero) is 1. The van der Waals surface area contributed by atoms with Gasteiger partial charge in [0.25, 0.3) is 0 Å². The summed E-state index contributed by atoms with van der Waals surface area (Å²) in [7, 11) is 0. The first kappa shape index (κ1) is 12.6. The van der Waals surface area contributed by atoms with E-state index < -0.39 is 0 Å². The molecule has 1 unspecified atom stereocenters. The topological polar surface area (TPSA) is 37.3 Å². The van der Waals surface area contributed by atoms with E-state index in [4.69, 9.17) is 5.11 Å². The average molecular weight is 186 g/mol. The molecule has 0 saturated carbocycles. The number of aliphatic hydroxyl groups is 1. The third-order valence-corrected chi connectivity index (χ3v) is 2.14. The number of hydrogen-bond donors (Lipinski definition) is 1. The number of ketones is 1. The quantitative estimate of drug-likeness (QED) is 0.592. The lowest BCUT2D eigenvalue weighted by molar-refractivity contribution is -0.119. The minimum absolute atomic E-state index is 0.217. The molecule has 0 aromatic carbocycles. The summed E-state index contributed by atoms with van der Waals surface area (Å²) in [6, 6.07) is 0. The average Bonchev–Trinajstić information content (AvgIpc) is 2.08. The van der Waals surface area contributed by atoms with Crippen molar-refractivity contribution in [2.24, 2.45) is 0 Å².